The fourth-order valence-corrected chi connectivity index (χ4v) is 2.45. The minimum absolute atomic E-state index is 0.0294. The van der Waals surface area contributed by atoms with Gasteiger partial charge in [-0.05, 0) is 28.5 Å². The van der Waals surface area contributed by atoms with Gasteiger partial charge in [-0.25, -0.2) is 0 Å². The molecule has 0 radical (unpaired) electrons. The van der Waals surface area contributed by atoms with Crippen molar-refractivity contribution in [1.82, 2.24) is 5.32 Å². The van der Waals surface area contributed by atoms with Gasteiger partial charge in [0.05, 0.1) is 4.92 Å². The first-order valence-electron chi connectivity index (χ1n) is 8.35. The van der Waals surface area contributed by atoms with Crippen LogP contribution in [0.2, 0.25) is 0 Å². The van der Waals surface area contributed by atoms with Gasteiger partial charge in [0.1, 0.15) is 0 Å². The topological polar surface area (TPSA) is 72.2 Å². The predicted octanol–water partition coefficient (Wildman–Crippen LogP) is 4.14. The largest absolute Gasteiger partial charge is 0.352 e. The van der Waals surface area contributed by atoms with Gasteiger partial charge in [-0.3, -0.25) is 14.9 Å². The maximum absolute atomic E-state index is 12.0. The summed E-state index contributed by atoms with van der Waals surface area (Å²) in [5.74, 6) is -0.0294. The summed E-state index contributed by atoms with van der Waals surface area (Å²) in [6.07, 6.45) is 0.921. The first-order chi connectivity index (χ1) is 11.8. The van der Waals surface area contributed by atoms with Gasteiger partial charge < -0.3 is 5.32 Å². The molecule has 0 aliphatic rings. The van der Waals surface area contributed by atoms with E-state index in [1.165, 1.54) is 17.7 Å². The van der Waals surface area contributed by atoms with Crippen molar-refractivity contribution in [3.05, 3.63) is 75.3 Å². The first kappa shape index (κ1) is 18.6. The number of amides is 1. The molecule has 2 aromatic rings. The van der Waals surface area contributed by atoms with Crippen molar-refractivity contribution in [2.75, 3.05) is 0 Å². The molecule has 0 aromatic heterocycles. The van der Waals surface area contributed by atoms with Crippen LogP contribution in [0.1, 0.15) is 43.9 Å². The Kier molecular flexibility index (Phi) is 5.91. The maximum Gasteiger partial charge on any atom is 0.269 e. The van der Waals surface area contributed by atoms with E-state index in [0.29, 0.717) is 19.4 Å². The van der Waals surface area contributed by atoms with Gasteiger partial charge in [-0.2, -0.15) is 0 Å². The predicted molar refractivity (Wildman–Crippen MR) is 98.4 cm³/mol. The number of hydrogen-bond acceptors (Lipinski definition) is 3. The molecule has 0 bridgehead atoms. The second-order valence-corrected chi connectivity index (χ2v) is 7.15. The summed E-state index contributed by atoms with van der Waals surface area (Å²) in [4.78, 5) is 22.2. The number of non-ortho nitro benzene ring substituents is 1. The molecule has 0 spiro atoms. The summed E-state index contributed by atoms with van der Waals surface area (Å²) in [5.41, 5.74) is 3.42. The van der Waals surface area contributed by atoms with E-state index in [9.17, 15) is 14.9 Å². The summed E-state index contributed by atoms with van der Waals surface area (Å²) >= 11 is 0. The third-order valence-electron chi connectivity index (χ3n) is 4.10. The molecule has 0 heterocycles. The second kappa shape index (κ2) is 7.92. The van der Waals surface area contributed by atoms with Crippen molar-refractivity contribution >= 4 is 11.6 Å². The Bertz CT molecular complexity index is 729. The highest BCUT2D eigenvalue weighted by molar-refractivity contribution is 5.76. The van der Waals surface area contributed by atoms with Crippen molar-refractivity contribution in [3.8, 4) is 0 Å². The number of nitro groups is 1. The second-order valence-electron chi connectivity index (χ2n) is 7.15. The highest BCUT2D eigenvalue weighted by atomic mass is 16.6. The smallest absolute Gasteiger partial charge is 0.269 e. The Balaban J connectivity index is 1.79. The fraction of sp³-hybridized carbons (Fsp3) is 0.350. The van der Waals surface area contributed by atoms with Crippen LogP contribution in [0.5, 0.6) is 0 Å². The number of nitrogens with one attached hydrogen (secondary N) is 1. The highest BCUT2D eigenvalue weighted by Crippen LogP contribution is 2.22. The van der Waals surface area contributed by atoms with E-state index in [4.69, 9.17) is 0 Å². The molecule has 0 aliphatic carbocycles. The summed E-state index contributed by atoms with van der Waals surface area (Å²) in [7, 11) is 0. The molecule has 0 saturated heterocycles. The number of carbonyl (C=O) groups is 1. The van der Waals surface area contributed by atoms with Crippen LogP contribution in [0.25, 0.3) is 0 Å². The van der Waals surface area contributed by atoms with Gasteiger partial charge in [0, 0.05) is 25.1 Å². The van der Waals surface area contributed by atoms with Crippen LogP contribution in [0.4, 0.5) is 5.69 Å². The zero-order chi connectivity index (χ0) is 18.4. The van der Waals surface area contributed by atoms with E-state index in [-0.39, 0.29) is 17.0 Å². The lowest BCUT2D eigenvalue weighted by molar-refractivity contribution is -0.384. The fourth-order valence-electron chi connectivity index (χ4n) is 2.45. The van der Waals surface area contributed by atoms with Crippen molar-refractivity contribution < 1.29 is 9.72 Å². The standard InChI is InChI=1S/C20H24N2O3/c1-20(2,3)17-9-4-16(5-10-17)14-21-19(23)13-8-15-6-11-18(12-7-15)22(24)25/h4-7,9-12H,8,13-14H2,1-3H3,(H,21,23). The zero-order valence-corrected chi connectivity index (χ0v) is 14.9. The van der Waals surface area contributed by atoms with E-state index in [1.54, 1.807) is 12.1 Å². The number of benzene rings is 2. The van der Waals surface area contributed by atoms with Crippen LogP contribution < -0.4 is 5.32 Å². The summed E-state index contributed by atoms with van der Waals surface area (Å²) in [6, 6.07) is 14.6. The SMILES string of the molecule is CC(C)(C)c1ccc(CNC(=O)CCc2ccc([N+](=O)[O-])cc2)cc1. The van der Waals surface area contributed by atoms with E-state index in [2.05, 4.69) is 38.2 Å². The zero-order valence-electron chi connectivity index (χ0n) is 14.9. The van der Waals surface area contributed by atoms with Gasteiger partial charge in [0.15, 0.2) is 0 Å². The van der Waals surface area contributed by atoms with Crippen LogP contribution in [-0.4, -0.2) is 10.8 Å². The molecule has 0 unspecified atom stereocenters. The third kappa shape index (κ3) is 5.71. The number of carbonyl (C=O) groups excluding carboxylic acids is 1. The van der Waals surface area contributed by atoms with Crippen molar-refractivity contribution in [2.45, 2.75) is 45.6 Å². The molecule has 132 valence electrons. The van der Waals surface area contributed by atoms with Gasteiger partial charge in [-0.1, -0.05) is 57.2 Å². The average molecular weight is 340 g/mol. The van der Waals surface area contributed by atoms with Crippen molar-refractivity contribution in [2.24, 2.45) is 0 Å². The number of nitrogens with zero attached hydrogens (tertiary/aromatic N) is 1. The molecular formula is C20H24N2O3. The number of hydrogen-bond donors (Lipinski definition) is 1. The van der Waals surface area contributed by atoms with E-state index < -0.39 is 4.92 Å². The molecule has 25 heavy (non-hydrogen) atoms. The summed E-state index contributed by atoms with van der Waals surface area (Å²) in [5, 5.41) is 13.5. The number of rotatable bonds is 6. The van der Waals surface area contributed by atoms with Crippen LogP contribution in [0.15, 0.2) is 48.5 Å². The monoisotopic (exact) mass is 340 g/mol. The van der Waals surface area contributed by atoms with Crippen molar-refractivity contribution in [1.29, 1.82) is 0 Å². The third-order valence-corrected chi connectivity index (χ3v) is 4.10. The van der Waals surface area contributed by atoms with Crippen LogP contribution >= 0.6 is 0 Å². The molecule has 5 nitrogen and oxygen atoms in total. The Labute approximate surface area is 148 Å². The summed E-state index contributed by atoms with van der Waals surface area (Å²) < 4.78 is 0. The molecule has 0 saturated carbocycles. The average Bonchev–Trinajstić information content (AvgIpc) is 2.58. The Morgan fingerprint density at radius 1 is 1.00 bits per heavy atom. The first-order valence-corrected chi connectivity index (χ1v) is 8.35. The van der Waals surface area contributed by atoms with Gasteiger partial charge in [0.2, 0.25) is 5.91 Å². The van der Waals surface area contributed by atoms with Gasteiger partial charge >= 0.3 is 0 Å². The molecule has 2 rings (SSSR count). The molecular weight excluding hydrogens is 316 g/mol. The van der Waals surface area contributed by atoms with Crippen molar-refractivity contribution in [3.63, 3.8) is 0 Å². The van der Waals surface area contributed by atoms with Crippen LogP contribution in [0.3, 0.4) is 0 Å². The van der Waals surface area contributed by atoms with Crippen LogP contribution in [0, 0.1) is 10.1 Å². The summed E-state index contributed by atoms with van der Waals surface area (Å²) in [6.45, 7) is 7.01. The lowest BCUT2D eigenvalue weighted by Gasteiger charge is -2.19. The molecule has 1 N–H and O–H groups in total. The molecule has 0 fully saturated rings. The van der Waals surface area contributed by atoms with Gasteiger partial charge in [-0.15, -0.1) is 0 Å². The molecule has 2 aromatic carbocycles. The molecule has 5 heteroatoms. The Morgan fingerprint density at radius 3 is 2.08 bits per heavy atom. The maximum atomic E-state index is 12.0. The van der Waals surface area contributed by atoms with E-state index >= 15 is 0 Å². The van der Waals surface area contributed by atoms with Gasteiger partial charge in [0.25, 0.3) is 5.69 Å². The van der Waals surface area contributed by atoms with E-state index in [0.717, 1.165) is 11.1 Å². The lowest BCUT2D eigenvalue weighted by atomic mass is 9.87. The highest BCUT2D eigenvalue weighted by Gasteiger charge is 2.13. The molecule has 0 aliphatic heterocycles. The quantitative estimate of drug-likeness (QED) is 0.634. The van der Waals surface area contributed by atoms with Crippen LogP contribution in [-0.2, 0) is 23.2 Å². The Hall–Kier alpha value is -2.69. The number of aryl methyl sites for hydroxylation is 1. The molecule has 1 amide bonds. The molecule has 0 atom stereocenters. The normalized spacial score (nSPS) is 11.2. The van der Waals surface area contributed by atoms with E-state index in [1.807, 2.05) is 12.1 Å². The minimum atomic E-state index is -0.429. The number of nitro benzene ring substituents is 1. The Morgan fingerprint density at radius 2 is 1.56 bits per heavy atom. The minimum Gasteiger partial charge on any atom is -0.352 e. The lowest BCUT2D eigenvalue weighted by Crippen LogP contribution is -2.23.